The molecule has 0 bridgehead atoms. The van der Waals surface area contributed by atoms with Crippen LogP contribution in [-0.4, -0.2) is 45.9 Å². The second-order valence-electron chi connectivity index (χ2n) is 9.21. The Kier molecular flexibility index (Phi) is 8.45. The lowest BCUT2D eigenvalue weighted by Gasteiger charge is -2.27. The van der Waals surface area contributed by atoms with Gasteiger partial charge in [-0.05, 0) is 90.6 Å². The van der Waals surface area contributed by atoms with Crippen molar-refractivity contribution in [3.63, 3.8) is 0 Å². The molecule has 0 unspecified atom stereocenters. The molecule has 0 amide bonds. The molecule has 0 aliphatic carbocycles. The summed E-state index contributed by atoms with van der Waals surface area (Å²) in [7, 11) is 0. The second kappa shape index (κ2) is 10.6. The summed E-state index contributed by atoms with van der Waals surface area (Å²) in [5.74, 6) is 0.935. The molecule has 2 aromatic heterocycles. The Morgan fingerprint density at radius 1 is 0.893 bits per heavy atom. The van der Waals surface area contributed by atoms with E-state index in [9.17, 15) is 0 Å². The average Bonchev–Trinajstić information content (AvgIpc) is 3.14. The van der Waals surface area contributed by atoms with Crippen molar-refractivity contribution in [1.82, 2.24) is 25.8 Å². The summed E-state index contributed by atoms with van der Waals surface area (Å²) >= 11 is 0. The van der Waals surface area contributed by atoms with Crippen LogP contribution in [0.4, 0.5) is 5.82 Å². The predicted molar refractivity (Wildman–Crippen MR) is 118 cm³/mol. The standard InChI is InChI=1S/C22H38N6/c1-21(2,3)25-12-6-8-18-10-11-20(23-14-18)24-17-22(4,5)26-13-7-9-19-15-27-28-16-19/h10-11,14-16,25-26H,6-9,12-13,17H2,1-5H3,(H,23,24)(H,27,28). The quantitative estimate of drug-likeness (QED) is 0.420. The number of hydrogen-bond acceptors (Lipinski definition) is 5. The van der Waals surface area contributed by atoms with Gasteiger partial charge >= 0.3 is 0 Å². The lowest BCUT2D eigenvalue weighted by atomic mass is 10.1. The Hall–Kier alpha value is -1.92. The number of hydrogen-bond donors (Lipinski definition) is 4. The van der Waals surface area contributed by atoms with Crippen LogP contribution < -0.4 is 16.0 Å². The summed E-state index contributed by atoms with van der Waals surface area (Å²) in [4.78, 5) is 4.57. The van der Waals surface area contributed by atoms with Crippen molar-refractivity contribution in [3.05, 3.63) is 41.9 Å². The molecule has 28 heavy (non-hydrogen) atoms. The fourth-order valence-corrected chi connectivity index (χ4v) is 2.94. The maximum absolute atomic E-state index is 4.57. The van der Waals surface area contributed by atoms with Crippen LogP contribution >= 0.6 is 0 Å². The largest absolute Gasteiger partial charge is 0.368 e. The van der Waals surface area contributed by atoms with Crippen molar-refractivity contribution >= 4 is 5.82 Å². The number of anilines is 1. The predicted octanol–water partition coefficient (Wildman–Crippen LogP) is 3.54. The van der Waals surface area contributed by atoms with E-state index in [-0.39, 0.29) is 11.1 Å². The number of H-pyrrole nitrogens is 1. The fourth-order valence-electron chi connectivity index (χ4n) is 2.94. The summed E-state index contributed by atoms with van der Waals surface area (Å²) in [6.07, 6.45) is 10.2. The molecule has 0 spiro atoms. The van der Waals surface area contributed by atoms with Gasteiger partial charge in [-0.15, -0.1) is 0 Å². The molecule has 0 aromatic carbocycles. The van der Waals surface area contributed by atoms with E-state index in [0.717, 1.165) is 51.1 Å². The molecule has 2 aromatic rings. The van der Waals surface area contributed by atoms with Gasteiger partial charge in [-0.1, -0.05) is 6.07 Å². The number of aromatic amines is 1. The van der Waals surface area contributed by atoms with Gasteiger partial charge in [-0.2, -0.15) is 5.10 Å². The Bertz CT molecular complexity index is 655. The topological polar surface area (TPSA) is 77.7 Å². The second-order valence-corrected chi connectivity index (χ2v) is 9.21. The fraction of sp³-hybridized carbons (Fsp3) is 0.636. The van der Waals surface area contributed by atoms with Crippen molar-refractivity contribution in [2.45, 2.75) is 71.4 Å². The summed E-state index contributed by atoms with van der Waals surface area (Å²) in [6.45, 7) is 13.9. The molecule has 0 fully saturated rings. The Labute approximate surface area is 170 Å². The number of nitrogens with zero attached hydrogens (tertiary/aromatic N) is 2. The first-order chi connectivity index (χ1) is 13.2. The van der Waals surface area contributed by atoms with Gasteiger partial charge in [0, 0.05) is 30.0 Å². The van der Waals surface area contributed by atoms with Crippen molar-refractivity contribution < 1.29 is 0 Å². The maximum atomic E-state index is 4.57. The monoisotopic (exact) mass is 386 g/mol. The van der Waals surface area contributed by atoms with Crippen molar-refractivity contribution in [1.29, 1.82) is 0 Å². The number of aryl methyl sites for hydroxylation is 2. The van der Waals surface area contributed by atoms with E-state index in [1.807, 2.05) is 18.6 Å². The molecule has 4 N–H and O–H groups in total. The van der Waals surface area contributed by atoms with Crippen LogP contribution in [0, 0.1) is 0 Å². The summed E-state index contributed by atoms with van der Waals surface area (Å²) in [5, 5.41) is 17.4. The lowest BCUT2D eigenvalue weighted by molar-refractivity contribution is 0.405. The normalized spacial score (nSPS) is 12.3. The number of rotatable bonds is 12. The highest BCUT2D eigenvalue weighted by molar-refractivity contribution is 5.36. The highest BCUT2D eigenvalue weighted by Crippen LogP contribution is 2.10. The van der Waals surface area contributed by atoms with E-state index in [1.54, 1.807) is 0 Å². The minimum absolute atomic E-state index is 0.00930. The SMILES string of the molecule is CC(C)(C)NCCCc1ccc(NCC(C)(C)NCCCc2cn[nH]c2)nc1. The summed E-state index contributed by atoms with van der Waals surface area (Å²) < 4.78 is 0. The van der Waals surface area contributed by atoms with Crippen LogP contribution in [-0.2, 0) is 12.8 Å². The van der Waals surface area contributed by atoms with Crippen LogP contribution in [0.5, 0.6) is 0 Å². The molecule has 0 aliphatic heterocycles. The molecule has 0 saturated heterocycles. The first kappa shape index (κ1) is 22.4. The first-order valence-electron chi connectivity index (χ1n) is 10.4. The number of nitrogens with one attached hydrogen (secondary N) is 4. The summed E-state index contributed by atoms with van der Waals surface area (Å²) in [6, 6.07) is 4.26. The van der Waals surface area contributed by atoms with E-state index in [2.05, 4.69) is 77.9 Å². The van der Waals surface area contributed by atoms with Gasteiger partial charge in [0.2, 0.25) is 0 Å². The third-order valence-electron chi connectivity index (χ3n) is 4.63. The van der Waals surface area contributed by atoms with Crippen molar-refractivity contribution in [2.24, 2.45) is 0 Å². The third-order valence-corrected chi connectivity index (χ3v) is 4.63. The Morgan fingerprint density at radius 2 is 1.61 bits per heavy atom. The van der Waals surface area contributed by atoms with Crippen LogP contribution in [0.3, 0.4) is 0 Å². The zero-order chi connectivity index (χ0) is 20.5. The van der Waals surface area contributed by atoms with Crippen LogP contribution in [0.25, 0.3) is 0 Å². The van der Waals surface area contributed by atoms with Gasteiger partial charge in [0.05, 0.1) is 6.20 Å². The van der Waals surface area contributed by atoms with Gasteiger partial charge in [-0.25, -0.2) is 4.98 Å². The van der Waals surface area contributed by atoms with Crippen molar-refractivity contribution in [3.8, 4) is 0 Å². The lowest BCUT2D eigenvalue weighted by Crippen LogP contribution is -2.45. The molecule has 6 heteroatoms. The maximum Gasteiger partial charge on any atom is 0.125 e. The molecule has 0 aliphatic rings. The van der Waals surface area contributed by atoms with Crippen LogP contribution in [0.2, 0.25) is 0 Å². The number of pyridine rings is 1. The van der Waals surface area contributed by atoms with Gasteiger partial charge in [0.25, 0.3) is 0 Å². The molecule has 2 rings (SSSR count). The smallest absolute Gasteiger partial charge is 0.125 e. The van der Waals surface area contributed by atoms with Gasteiger partial charge < -0.3 is 16.0 Å². The average molecular weight is 387 g/mol. The Balaban J connectivity index is 1.64. The van der Waals surface area contributed by atoms with E-state index < -0.39 is 0 Å². The van der Waals surface area contributed by atoms with E-state index in [1.165, 1.54) is 11.1 Å². The molecule has 156 valence electrons. The van der Waals surface area contributed by atoms with Gasteiger partial charge in [0.15, 0.2) is 0 Å². The number of aromatic nitrogens is 3. The highest BCUT2D eigenvalue weighted by atomic mass is 15.1. The molecule has 6 nitrogen and oxygen atoms in total. The highest BCUT2D eigenvalue weighted by Gasteiger charge is 2.16. The van der Waals surface area contributed by atoms with E-state index in [4.69, 9.17) is 0 Å². The van der Waals surface area contributed by atoms with Crippen LogP contribution in [0.1, 0.15) is 58.6 Å². The zero-order valence-electron chi connectivity index (χ0n) is 18.2. The van der Waals surface area contributed by atoms with E-state index in [0.29, 0.717) is 0 Å². The molecular weight excluding hydrogens is 348 g/mol. The molecule has 0 saturated carbocycles. The third kappa shape index (κ3) is 9.33. The van der Waals surface area contributed by atoms with Crippen molar-refractivity contribution in [2.75, 3.05) is 25.0 Å². The minimum Gasteiger partial charge on any atom is -0.368 e. The Morgan fingerprint density at radius 3 is 2.21 bits per heavy atom. The molecule has 0 radical (unpaired) electrons. The van der Waals surface area contributed by atoms with Gasteiger partial charge in [0.1, 0.15) is 5.82 Å². The first-order valence-corrected chi connectivity index (χ1v) is 10.4. The van der Waals surface area contributed by atoms with Crippen LogP contribution in [0.15, 0.2) is 30.7 Å². The zero-order valence-corrected chi connectivity index (χ0v) is 18.2. The summed E-state index contributed by atoms with van der Waals surface area (Å²) in [5.41, 5.74) is 2.75. The molecule has 0 atom stereocenters. The molecular formula is C22H38N6. The van der Waals surface area contributed by atoms with E-state index >= 15 is 0 Å². The van der Waals surface area contributed by atoms with Gasteiger partial charge in [-0.3, -0.25) is 5.10 Å². The molecule has 2 heterocycles. The minimum atomic E-state index is 0.00930.